The topological polar surface area (TPSA) is 27.7 Å². The fourth-order valence-electron chi connectivity index (χ4n) is 1.96. The number of ether oxygens (including phenoxy) is 3. The lowest BCUT2D eigenvalue weighted by molar-refractivity contribution is 0.167. The Morgan fingerprint density at radius 1 is 1.37 bits per heavy atom. The van der Waals surface area contributed by atoms with Gasteiger partial charge in [0.25, 0.3) is 0 Å². The number of hydrogen-bond acceptors (Lipinski definition) is 3. The number of hydrogen-bond donors (Lipinski definition) is 0. The van der Waals surface area contributed by atoms with Crippen molar-refractivity contribution in [2.24, 2.45) is 5.92 Å². The Morgan fingerprint density at radius 3 is 2.74 bits per heavy atom. The molecule has 19 heavy (non-hydrogen) atoms. The Morgan fingerprint density at radius 2 is 2.16 bits per heavy atom. The second-order valence-corrected chi connectivity index (χ2v) is 4.52. The molecule has 1 aliphatic rings. The molecule has 1 heterocycles. The van der Waals surface area contributed by atoms with Gasteiger partial charge in [0.2, 0.25) is 0 Å². The van der Waals surface area contributed by atoms with E-state index in [0.29, 0.717) is 13.2 Å². The third-order valence-electron chi connectivity index (χ3n) is 3.07. The van der Waals surface area contributed by atoms with Gasteiger partial charge in [0.1, 0.15) is 5.75 Å². The molecule has 1 saturated heterocycles. The van der Waals surface area contributed by atoms with Crippen molar-refractivity contribution in [1.82, 2.24) is 0 Å². The zero-order valence-electron chi connectivity index (χ0n) is 10.6. The van der Waals surface area contributed by atoms with E-state index in [2.05, 4.69) is 0 Å². The first-order valence-electron chi connectivity index (χ1n) is 6.09. The molecule has 0 N–H and O–H groups in total. The average Bonchev–Trinajstić information content (AvgIpc) is 2.88. The van der Waals surface area contributed by atoms with Gasteiger partial charge in [0.05, 0.1) is 26.1 Å². The lowest BCUT2D eigenvalue weighted by Gasteiger charge is -2.21. The van der Waals surface area contributed by atoms with Crippen LogP contribution in [-0.2, 0) is 4.74 Å². The van der Waals surface area contributed by atoms with Crippen molar-refractivity contribution in [3.8, 4) is 11.5 Å². The third-order valence-corrected chi connectivity index (χ3v) is 3.07. The maximum Gasteiger partial charge on any atom is 0.513 e. The molecule has 0 amide bonds. The zero-order chi connectivity index (χ0) is 13.9. The van der Waals surface area contributed by atoms with Crippen LogP contribution in [0.5, 0.6) is 11.5 Å². The normalized spacial score (nSPS) is 19.5. The molecule has 7 heteroatoms. The van der Waals surface area contributed by atoms with Crippen LogP contribution in [0.3, 0.4) is 0 Å². The minimum Gasteiger partial charge on any atom is -0.497 e. The molecule has 0 aromatic heterocycles. The van der Waals surface area contributed by atoms with Crippen LogP contribution in [0.2, 0.25) is 0 Å². The van der Waals surface area contributed by atoms with Gasteiger partial charge in [0.15, 0.2) is 0 Å². The highest BCUT2D eigenvalue weighted by molar-refractivity contribution is 6.74. The van der Waals surface area contributed by atoms with Crippen LogP contribution in [0.1, 0.15) is 6.42 Å². The van der Waals surface area contributed by atoms with Gasteiger partial charge < -0.3 is 27.2 Å². The van der Waals surface area contributed by atoms with E-state index in [-0.39, 0.29) is 24.0 Å². The molecule has 1 aromatic rings. The fraction of sp³-hybridized carbons (Fsp3) is 0.500. The average molecular weight is 275 g/mol. The highest BCUT2D eigenvalue weighted by atomic mass is 19.4. The molecule has 1 fully saturated rings. The molecular formula is C12H15BF3O3-. The highest BCUT2D eigenvalue weighted by Crippen LogP contribution is 2.23. The molecule has 1 aliphatic heterocycles. The molecule has 0 spiro atoms. The van der Waals surface area contributed by atoms with Crippen LogP contribution in [-0.4, -0.2) is 33.9 Å². The first kappa shape index (κ1) is 14.1. The molecule has 3 nitrogen and oxygen atoms in total. The van der Waals surface area contributed by atoms with Crippen molar-refractivity contribution in [2.45, 2.75) is 6.42 Å². The number of rotatable bonds is 5. The number of halogens is 3. The molecule has 0 bridgehead atoms. The van der Waals surface area contributed by atoms with Gasteiger partial charge in [-0.15, -0.1) is 0 Å². The molecule has 1 unspecified atom stereocenters. The van der Waals surface area contributed by atoms with Gasteiger partial charge >= 0.3 is 6.98 Å². The minimum atomic E-state index is -5.13. The van der Waals surface area contributed by atoms with Gasteiger partial charge in [-0.05, 0) is 24.6 Å². The smallest absolute Gasteiger partial charge is 0.497 e. The molecule has 0 aliphatic carbocycles. The van der Waals surface area contributed by atoms with E-state index >= 15 is 0 Å². The summed E-state index contributed by atoms with van der Waals surface area (Å²) in [4.78, 5) is 0. The van der Waals surface area contributed by atoms with Gasteiger partial charge in [-0.1, -0.05) is 5.46 Å². The van der Waals surface area contributed by atoms with Crippen LogP contribution in [0.25, 0.3) is 0 Å². The molecule has 1 aromatic carbocycles. The predicted octanol–water partition coefficient (Wildman–Crippen LogP) is 2.16. The molecular weight excluding hydrogens is 260 g/mol. The predicted molar refractivity (Wildman–Crippen MR) is 66.1 cm³/mol. The molecule has 106 valence electrons. The summed E-state index contributed by atoms with van der Waals surface area (Å²) in [6.45, 7) is -3.70. The Balaban J connectivity index is 2.13. The maximum atomic E-state index is 13.0. The molecule has 2 rings (SSSR count). The Kier molecular flexibility index (Phi) is 4.24. The SMILES string of the molecule is COc1ccc(OCC2CCOC2)c([B-](F)(F)F)c1. The summed E-state index contributed by atoms with van der Waals surface area (Å²) in [5.74, 6) is 0.196. The summed E-state index contributed by atoms with van der Waals surface area (Å²) in [5.41, 5.74) is -0.752. The fourth-order valence-corrected chi connectivity index (χ4v) is 1.96. The lowest BCUT2D eigenvalue weighted by atomic mass is 9.79. The van der Waals surface area contributed by atoms with Crippen molar-refractivity contribution in [3.05, 3.63) is 18.2 Å². The van der Waals surface area contributed by atoms with E-state index in [9.17, 15) is 12.9 Å². The number of benzene rings is 1. The van der Waals surface area contributed by atoms with E-state index < -0.39 is 12.4 Å². The summed E-state index contributed by atoms with van der Waals surface area (Å²) < 4.78 is 54.2. The highest BCUT2D eigenvalue weighted by Gasteiger charge is 2.30. The van der Waals surface area contributed by atoms with Gasteiger partial charge in [-0.3, -0.25) is 0 Å². The van der Waals surface area contributed by atoms with Crippen LogP contribution in [0, 0.1) is 5.92 Å². The summed E-state index contributed by atoms with van der Waals surface area (Å²) in [7, 11) is 1.33. The van der Waals surface area contributed by atoms with Crippen molar-refractivity contribution >= 4 is 12.4 Å². The van der Waals surface area contributed by atoms with E-state index in [1.54, 1.807) is 0 Å². The van der Waals surface area contributed by atoms with E-state index in [4.69, 9.17) is 14.2 Å². The van der Waals surface area contributed by atoms with Crippen LogP contribution >= 0.6 is 0 Å². The van der Waals surface area contributed by atoms with Crippen molar-refractivity contribution in [1.29, 1.82) is 0 Å². The second-order valence-electron chi connectivity index (χ2n) is 4.52. The Bertz CT molecular complexity index is 431. The van der Waals surface area contributed by atoms with Crippen LogP contribution in [0.15, 0.2) is 18.2 Å². The first-order valence-corrected chi connectivity index (χ1v) is 6.09. The Hall–Kier alpha value is -1.37. The summed E-state index contributed by atoms with van der Waals surface area (Å²) >= 11 is 0. The number of methoxy groups -OCH3 is 1. The van der Waals surface area contributed by atoms with Crippen LogP contribution < -0.4 is 14.9 Å². The van der Waals surface area contributed by atoms with Gasteiger partial charge in [-0.2, -0.15) is 0 Å². The second kappa shape index (κ2) is 5.73. The minimum absolute atomic E-state index is 0.139. The molecule has 1 atom stereocenters. The van der Waals surface area contributed by atoms with Crippen molar-refractivity contribution in [3.63, 3.8) is 0 Å². The molecule has 0 radical (unpaired) electrons. The van der Waals surface area contributed by atoms with Crippen molar-refractivity contribution in [2.75, 3.05) is 26.9 Å². The lowest BCUT2D eigenvalue weighted by Crippen LogP contribution is -2.36. The first-order chi connectivity index (χ1) is 9.00. The van der Waals surface area contributed by atoms with E-state index in [1.165, 1.54) is 19.2 Å². The summed E-state index contributed by atoms with van der Waals surface area (Å²) in [6.07, 6.45) is 0.822. The molecule has 0 saturated carbocycles. The quantitative estimate of drug-likeness (QED) is 0.771. The monoisotopic (exact) mass is 275 g/mol. The Labute approximate surface area is 109 Å². The maximum absolute atomic E-state index is 13.0. The van der Waals surface area contributed by atoms with Crippen LogP contribution in [0.4, 0.5) is 12.9 Å². The van der Waals surface area contributed by atoms with E-state index in [0.717, 1.165) is 12.5 Å². The standard InChI is InChI=1S/C12H15BF3O3/c1-17-10-2-3-12(11(6-10)13(14,15)16)19-8-9-4-5-18-7-9/h2-3,6,9H,4-5,7-8H2,1H3/q-1. The summed E-state index contributed by atoms with van der Waals surface area (Å²) in [6, 6.07) is 3.74. The van der Waals surface area contributed by atoms with Crippen molar-refractivity contribution < 1.29 is 27.2 Å². The van der Waals surface area contributed by atoms with Gasteiger partial charge in [-0.25, -0.2) is 0 Å². The largest absolute Gasteiger partial charge is 0.513 e. The van der Waals surface area contributed by atoms with Gasteiger partial charge in [0, 0.05) is 12.5 Å². The summed E-state index contributed by atoms with van der Waals surface area (Å²) in [5, 5.41) is 0. The third kappa shape index (κ3) is 3.56. The van der Waals surface area contributed by atoms with E-state index in [1.807, 2.05) is 0 Å². The zero-order valence-corrected chi connectivity index (χ0v) is 10.6.